The van der Waals surface area contributed by atoms with Crippen LogP contribution in [0.15, 0.2) is 24.3 Å². The normalized spacial score (nSPS) is 10.5. The number of unbranched alkanes of at least 4 members (excludes halogenated alkanes) is 5. The molecule has 0 aliphatic carbocycles. The SMILES string of the molecule is Cc1ccccc1OCCCCCCCCO. The van der Waals surface area contributed by atoms with E-state index in [1.54, 1.807) is 0 Å². The molecule has 0 amide bonds. The average molecular weight is 236 g/mol. The van der Waals surface area contributed by atoms with Crippen LogP contribution in [0, 0.1) is 6.92 Å². The lowest BCUT2D eigenvalue weighted by atomic mass is 10.1. The van der Waals surface area contributed by atoms with E-state index in [9.17, 15) is 0 Å². The van der Waals surface area contributed by atoms with Crippen molar-refractivity contribution in [1.82, 2.24) is 0 Å². The molecular weight excluding hydrogens is 212 g/mol. The van der Waals surface area contributed by atoms with Crippen molar-refractivity contribution in [3.8, 4) is 5.75 Å². The minimum Gasteiger partial charge on any atom is -0.493 e. The van der Waals surface area contributed by atoms with E-state index < -0.39 is 0 Å². The average Bonchev–Trinajstić information content (AvgIpc) is 2.35. The Morgan fingerprint density at radius 3 is 2.29 bits per heavy atom. The summed E-state index contributed by atoms with van der Waals surface area (Å²) in [5.74, 6) is 1.01. The van der Waals surface area contributed by atoms with E-state index in [-0.39, 0.29) is 0 Å². The minimum absolute atomic E-state index is 0.330. The third-order valence-electron chi connectivity index (χ3n) is 2.90. The molecule has 1 rings (SSSR count). The van der Waals surface area contributed by atoms with Crippen molar-refractivity contribution >= 4 is 0 Å². The van der Waals surface area contributed by atoms with Gasteiger partial charge in [0.2, 0.25) is 0 Å². The first kappa shape index (κ1) is 14.0. The summed E-state index contributed by atoms with van der Waals surface area (Å²) in [4.78, 5) is 0. The minimum atomic E-state index is 0.330. The highest BCUT2D eigenvalue weighted by Crippen LogP contribution is 2.16. The molecule has 2 nitrogen and oxygen atoms in total. The van der Waals surface area contributed by atoms with Crippen molar-refractivity contribution in [2.45, 2.75) is 45.4 Å². The van der Waals surface area contributed by atoms with Gasteiger partial charge >= 0.3 is 0 Å². The molecule has 0 aliphatic heterocycles. The molecule has 0 aromatic heterocycles. The van der Waals surface area contributed by atoms with Gasteiger partial charge in [-0.05, 0) is 31.4 Å². The molecule has 96 valence electrons. The quantitative estimate of drug-likeness (QED) is 0.662. The molecule has 1 N–H and O–H groups in total. The number of aliphatic hydroxyl groups is 1. The van der Waals surface area contributed by atoms with Crippen LogP contribution in [0.3, 0.4) is 0 Å². The lowest BCUT2D eigenvalue weighted by molar-refractivity contribution is 0.280. The van der Waals surface area contributed by atoms with Crippen LogP contribution in [0.4, 0.5) is 0 Å². The van der Waals surface area contributed by atoms with E-state index in [2.05, 4.69) is 13.0 Å². The second-order valence-corrected chi connectivity index (χ2v) is 4.46. The summed E-state index contributed by atoms with van der Waals surface area (Å²) in [6.45, 7) is 3.21. The van der Waals surface area contributed by atoms with Crippen LogP contribution in [-0.2, 0) is 0 Å². The van der Waals surface area contributed by atoms with Crippen LogP contribution in [0.1, 0.15) is 44.1 Å². The fraction of sp³-hybridized carbons (Fsp3) is 0.600. The highest BCUT2D eigenvalue weighted by Gasteiger charge is 1.97. The molecule has 0 radical (unpaired) electrons. The van der Waals surface area contributed by atoms with E-state index in [0.717, 1.165) is 31.6 Å². The van der Waals surface area contributed by atoms with Crippen molar-refractivity contribution in [3.63, 3.8) is 0 Å². The van der Waals surface area contributed by atoms with Crippen LogP contribution in [-0.4, -0.2) is 18.3 Å². The van der Waals surface area contributed by atoms with Gasteiger partial charge in [-0.15, -0.1) is 0 Å². The number of hydrogen-bond donors (Lipinski definition) is 1. The fourth-order valence-electron chi connectivity index (χ4n) is 1.82. The molecule has 0 spiro atoms. The topological polar surface area (TPSA) is 29.5 Å². The smallest absolute Gasteiger partial charge is 0.122 e. The molecule has 0 saturated heterocycles. The van der Waals surface area contributed by atoms with Crippen molar-refractivity contribution in [1.29, 1.82) is 0 Å². The Labute approximate surface area is 105 Å². The Bertz CT molecular complexity index is 297. The van der Waals surface area contributed by atoms with Gasteiger partial charge in [-0.1, -0.05) is 43.9 Å². The molecule has 2 heteroatoms. The van der Waals surface area contributed by atoms with Crippen LogP contribution in [0.2, 0.25) is 0 Å². The van der Waals surface area contributed by atoms with Crippen LogP contribution in [0.25, 0.3) is 0 Å². The van der Waals surface area contributed by atoms with Gasteiger partial charge in [0.15, 0.2) is 0 Å². The molecule has 0 bridgehead atoms. The van der Waals surface area contributed by atoms with E-state index in [1.807, 2.05) is 18.2 Å². The summed E-state index contributed by atoms with van der Waals surface area (Å²) in [7, 11) is 0. The molecule has 0 unspecified atom stereocenters. The molecule has 0 atom stereocenters. The van der Waals surface area contributed by atoms with Gasteiger partial charge < -0.3 is 9.84 Å². The summed E-state index contributed by atoms with van der Waals surface area (Å²) >= 11 is 0. The van der Waals surface area contributed by atoms with E-state index >= 15 is 0 Å². The summed E-state index contributed by atoms with van der Waals surface area (Å²) in [6, 6.07) is 8.14. The summed E-state index contributed by atoms with van der Waals surface area (Å²) in [5.41, 5.74) is 1.20. The Morgan fingerprint density at radius 1 is 0.941 bits per heavy atom. The summed E-state index contributed by atoms with van der Waals surface area (Å²) in [5, 5.41) is 8.64. The van der Waals surface area contributed by atoms with Gasteiger partial charge in [0, 0.05) is 6.61 Å². The Kier molecular flexibility index (Phi) is 7.48. The standard InChI is InChI=1S/C15H24O2/c1-14-10-6-7-11-15(14)17-13-9-5-3-2-4-8-12-16/h6-7,10-11,16H,2-5,8-9,12-13H2,1H3. The van der Waals surface area contributed by atoms with Gasteiger partial charge in [-0.3, -0.25) is 0 Å². The van der Waals surface area contributed by atoms with Gasteiger partial charge in [-0.2, -0.15) is 0 Å². The molecule has 0 fully saturated rings. The summed E-state index contributed by atoms with van der Waals surface area (Å²) in [6.07, 6.45) is 6.90. The van der Waals surface area contributed by atoms with Gasteiger partial charge in [0.25, 0.3) is 0 Å². The van der Waals surface area contributed by atoms with E-state index in [1.165, 1.54) is 24.8 Å². The maximum absolute atomic E-state index is 8.64. The first-order valence-electron chi connectivity index (χ1n) is 6.64. The monoisotopic (exact) mass is 236 g/mol. The second kappa shape index (κ2) is 9.06. The molecule has 0 heterocycles. The van der Waals surface area contributed by atoms with Crippen molar-refractivity contribution < 1.29 is 9.84 Å². The van der Waals surface area contributed by atoms with E-state index in [0.29, 0.717) is 6.61 Å². The first-order chi connectivity index (χ1) is 8.34. The number of aryl methyl sites for hydroxylation is 1. The Balaban J connectivity index is 1.99. The lowest BCUT2D eigenvalue weighted by Gasteiger charge is -2.08. The zero-order chi connectivity index (χ0) is 12.3. The highest BCUT2D eigenvalue weighted by atomic mass is 16.5. The first-order valence-corrected chi connectivity index (χ1v) is 6.64. The highest BCUT2D eigenvalue weighted by molar-refractivity contribution is 5.31. The van der Waals surface area contributed by atoms with Crippen molar-refractivity contribution in [2.75, 3.05) is 13.2 Å². The van der Waals surface area contributed by atoms with Gasteiger partial charge in [-0.25, -0.2) is 0 Å². The van der Waals surface area contributed by atoms with E-state index in [4.69, 9.17) is 9.84 Å². The largest absolute Gasteiger partial charge is 0.493 e. The molecule has 1 aromatic carbocycles. The third-order valence-corrected chi connectivity index (χ3v) is 2.90. The lowest BCUT2D eigenvalue weighted by Crippen LogP contribution is -1.98. The number of ether oxygens (including phenoxy) is 1. The molecular formula is C15H24O2. The number of hydrogen-bond acceptors (Lipinski definition) is 2. The van der Waals surface area contributed by atoms with Crippen LogP contribution in [0.5, 0.6) is 5.75 Å². The fourth-order valence-corrected chi connectivity index (χ4v) is 1.82. The van der Waals surface area contributed by atoms with Gasteiger partial charge in [0.05, 0.1) is 6.61 Å². The van der Waals surface area contributed by atoms with Crippen LogP contribution >= 0.6 is 0 Å². The molecule has 0 aliphatic rings. The third kappa shape index (κ3) is 6.32. The molecule has 0 saturated carbocycles. The van der Waals surface area contributed by atoms with Crippen molar-refractivity contribution in [2.24, 2.45) is 0 Å². The number of benzene rings is 1. The zero-order valence-corrected chi connectivity index (χ0v) is 10.8. The van der Waals surface area contributed by atoms with Gasteiger partial charge in [0.1, 0.15) is 5.75 Å². The molecule has 17 heavy (non-hydrogen) atoms. The second-order valence-electron chi connectivity index (χ2n) is 4.46. The predicted molar refractivity (Wildman–Crippen MR) is 71.5 cm³/mol. The van der Waals surface area contributed by atoms with Crippen molar-refractivity contribution in [3.05, 3.63) is 29.8 Å². The number of para-hydroxylation sites is 1. The molecule has 1 aromatic rings. The Morgan fingerprint density at radius 2 is 1.59 bits per heavy atom. The maximum atomic E-state index is 8.64. The van der Waals surface area contributed by atoms with Crippen LogP contribution < -0.4 is 4.74 Å². The zero-order valence-electron chi connectivity index (χ0n) is 10.8. The maximum Gasteiger partial charge on any atom is 0.122 e. The Hall–Kier alpha value is -1.02. The number of rotatable bonds is 9. The summed E-state index contributed by atoms with van der Waals surface area (Å²) < 4.78 is 5.72. The predicted octanol–water partition coefficient (Wildman–Crippen LogP) is 3.71. The number of aliphatic hydroxyl groups excluding tert-OH is 1.